The SMILES string of the molecule is CC1CC(C)(C)OOC(C)(CCC(=O)NN)O1. The molecule has 1 aliphatic heterocycles. The Morgan fingerprint density at radius 3 is 2.65 bits per heavy atom. The zero-order valence-corrected chi connectivity index (χ0v) is 10.9. The fraction of sp³-hybridized carbons (Fsp3) is 0.909. The smallest absolute Gasteiger partial charge is 0.234 e. The van der Waals surface area contributed by atoms with E-state index in [0.29, 0.717) is 6.42 Å². The molecule has 0 aromatic carbocycles. The highest BCUT2D eigenvalue weighted by Gasteiger charge is 2.38. The van der Waals surface area contributed by atoms with Gasteiger partial charge in [0, 0.05) is 19.3 Å². The van der Waals surface area contributed by atoms with Gasteiger partial charge in [0.2, 0.25) is 5.91 Å². The van der Waals surface area contributed by atoms with Crippen LogP contribution in [0.2, 0.25) is 0 Å². The zero-order valence-electron chi connectivity index (χ0n) is 10.9. The minimum atomic E-state index is -0.917. The van der Waals surface area contributed by atoms with Crippen molar-refractivity contribution >= 4 is 5.91 Å². The van der Waals surface area contributed by atoms with Gasteiger partial charge in [0.25, 0.3) is 0 Å². The van der Waals surface area contributed by atoms with Crippen molar-refractivity contribution in [3.63, 3.8) is 0 Å². The van der Waals surface area contributed by atoms with E-state index >= 15 is 0 Å². The number of ether oxygens (including phenoxy) is 1. The van der Waals surface area contributed by atoms with Crippen molar-refractivity contribution < 1.29 is 19.3 Å². The molecule has 1 heterocycles. The van der Waals surface area contributed by atoms with Crippen molar-refractivity contribution in [3.8, 4) is 0 Å². The van der Waals surface area contributed by atoms with Gasteiger partial charge in [-0.25, -0.2) is 15.6 Å². The molecule has 0 aromatic rings. The van der Waals surface area contributed by atoms with Gasteiger partial charge in [-0.1, -0.05) is 0 Å². The van der Waals surface area contributed by atoms with Crippen LogP contribution in [0, 0.1) is 0 Å². The number of hydrogen-bond donors (Lipinski definition) is 2. The molecule has 2 atom stereocenters. The first-order valence-electron chi connectivity index (χ1n) is 5.80. The van der Waals surface area contributed by atoms with Gasteiger partial charge >= 0.3 is 0 Å². The van der Waals surface area contributed by atoms with Crippen LogP contribution in [0.3, 0.4) is 0 Å². The summed E-state index contributed by atoms with van der Waals surface area (Å²) >= 11 is 0. The number of amides is 1. The Bertz CT molecular complexity index is 283. The maximum absolute atomic E-state index is 11.1. The Morgan fingerprint density at radius 1 is 1.41 bits per heavy atom. The quantitative estimate of drug-likeness (QED) is 0.336. The van der Waals surface area contributed by atoms with Crippen LogP contribution in [0.5, 0.6) is 0 Å². The molecule has 1 rings (SSSR count). The van der Waals surface area contributed by atoms with E-state index in [9.17, 15) is 4.79 Å². The van der Waals surface area contributed by atoms with Crippen LogP contribution < -0.4 is 11.3 Å². The molecular formula is C11H22N2O4. The fourth-order valence-corrected chi connectivity index (χ4v) is 1.93. The monoisotopic (exact) mass is 246 g/mol. The van der Waals surface area contributed by atoms with Crippen molar-refractivity contribution in [1.29, 1.82) is 0 Å². The first-order chi connectivity index (χ1) is 7.76. The number of hydrazine groups is 1. The first kappa shape index (κ1) is 14.4. The van der Waals surface area contributed by atoms with Gasteiger partial charge in [0.1, 0.15) is 5.60 Å². The Morgan fingerprint density at radius 2 is 2.06 bits per heavy atom. The van der Waals surface area contributed by atoms with Crippen molar-refractivity contribution in [2.45, 2.75) is 64.4 Å². The fourth-order valence-electron chi connectivity index (χ4n) is 1.93. The van der Waals surface area contributed by atoms with Crippen molar-refractivity contribution in [2.24, 2.45) is 5.84 Å². The van der Waals surface area contributed by atoms with Gasteiger partial charge < -0.3 is 4.74 Å². The van der Waals surface area contributed by atoms with Crippen molar-refractivity contribution in [3.05, 3.63) is 0 Å². The zero-order chi connectivity index (χ0) is 13.1. The second kappa shape index (κ2) is 5.30. The number of rotatable bonds is 3. The molecule has 1 saturated heterocycles. The summed E-state index contributed by atoms with van der Waals surface area (Å²) in [5.74, 6) is 3.85. The molecule has 1 fully saturated rings. The maximum atomic E-state index is 11.1. The minimum Gasteiger partial charge on any atom is -0.344 e. The van der Waals surface area contributed by atoms with E-state index in [1.54, 1.807) is 6.92 Å². The van der Waals surface area contributed by atoms with Crippen LogP contribution in [-0.2, 0) is 19.3 Å². The van der Waals surface area contributed by atoms with E-state index in [1.807, 2.05) is 20.8 Å². The molecule has 6 nitrogen and oxygen atoms in total. The van der Waals surface area contributed by atoms with Crippen LogP contribution in [0.25, 0.3) is 0 Å². The van der Waals surface area contributed by atoms with Crippen molar-refractivity contribution in [1.82, 2.24) is 5.43 Å². The van der Waals surface area contributed by atoms with Gasteiger partial charge in [-0.15, -0.1) is 0 Å². The second-order valence-electron chi connectivity index (χ2n) is 5.26. The lowest BCUT2D eigenvalue weighted by molar-refractivity contribution is -0.442. The Labute approximate surface area is 102 Å². The Kier molecular flexibility index (Phi) is 4.48. The van der Waals surface area contributed by atoms with Crippen molar-refractivity contribution in [2.75, 3.05) is 0 Å². The van der Waals surface area contributed by atoms with Gasteiger partial charge in [-0.2, -0.15) is 0 Å². The molecule has 0 saturated carbocycles. The average Bonchev–Trinajstić information content (AvgIpc) is 2.32. The highest BCUT2D eigenvalue weighted by atomic mass is 17.2. The predicted molar refractivity (Wildman–Crippen MR) is 61.4 cm³/mol. The third-order valence-corrected chi connectivity index (χ3v) is 2.64. The second-order valence-corrected chi connectivity index (χ2v) is 5.26. The minimum absolute atomic E-state index is 0.00145. The highest BCUT2D eigenvalue weighted by molar-refractivity contribution is 5.75. The lowest BCUT2D eigenvalue weighted by Gasteiger charge is -2.28. The van der Waals surface area contributed by atoms with E-state index in [4.69, 9.17) is 20.4 Å². The molecule has 0 aliphatic carbocycles. The summed E-state index contributed by atoms with van der Waals surface area (Å²) in [5, 5.41) is 0. The number of carbonyl (C=O) groups excluding carboxylic acids is 1. The molecule has 1 amide bonds. The molecule has 100 valence electrons. The number of carbonyl (C=O) groups is 1. The summed E-state index contributed by atoms with van der Waals surface area (Å²) in [5.41, 5.74) is 1.68. The highest BCUT2D eigenvalue weighted by Crippen LogP contribution is 2.32. The first-order valence-corrected chi connectivity index (χ1v) is 5.80. The molecule has 6 heteroatoms. The van der Waals surface area contributed by atoms with Gasteiger partial charge in [-0.3, -0.25) is 10.2 Å². The lowest BCUT2D eigenvalue weighted by atomic mass is 10.0. The number of nitrogens with two attached hydrogens (primary N) is 1. The molecule has 3 N–H and O–H groups in total. The standard InChI is InChI=1S/C11H22N2O4/c1-8-7-10(2,3)16-17-11(4,15-8)6-5-9(14)13-12/h8H,5-7,12H2,1-4H3,(H,13,14). The van der Waals surface area contributed by atoms with E-state index < -0.39 is 11.4 Å². The molecule has 2 unspecified atom stereocenters. The Balaban J connectivity index is 2.59. The third kappa shape index (κ3) is 4.59. The van der Waals surface area contributed by atoms with E-state index in [-0.39, 0.29) is 18.4 Å². The number of hydrogen-bond acceptors (Lipinski definition) is 5. The summed E-state index contributed by atoms with van der Waals surface area (Å²) < 4.78 is 5.76. The van der Waals surface area contributed by atoms with Gasteiger partial charge in [-0.05, 0) is 27.7 Å². The van der Waals surface area contributed by atoms with Crippen LogP contribution in [0.1, 0.15) is 47.0 Å². The average molecular weight is 246 g/mol. The predicted octanol–water partition coefficient (Wildman–Crippen LogP) is 1.01. The Hall–Kier alpha value is -0.690. The summed E-state index contributed by atoms with van der Waals surface area (Å²) in [7, 11) is 0. The molecule has 1 aliphatic rings. The number of nitrogens with one attached hydrogen (secondary N) is 1. The summed E-state index contributed by atoms with van der Waals surface area (Å²) in [6.07, 6.45) is 1.34. The van der Waals surface area contributed by atoms with Crippen LogP contribution in [0.15, 0.2) is 0 Å². The largest absolute Gasteiger partial charge is 0.344 e. The maximum Gasteiger partial charge on any atom is 0.234 e. The molecule has 0 radical (unpaired) electrons. The van der Waals surface area contributed by atoms with Crippen LogP contribution in [-0.4, -0.2) is 23.4 Å². The molecule has 0 bridgehead atoms. The van der Waals surface area contributed by atoms with Gasteiger partial charge in [0.15, 0.2) is 5.79 Å². The third-order valence-electron chi connectivity index (χ3n) is 2.64. The van der Waals surface area contributed by atoms with Gasteiger partial charge in [0.05, 0.1) is 6.10 Å². The molecule has 0 aromatic heterocycles. The molecular weight excluding hydrogens is 224 g/mol. The van der Waals surface area contributed by atoms with E-state index in [0.717, 1.165) is 6.42 Å². The summed E-state index contributed by atoms with van der Waals surface area (Å²) in [6.45, 7) is 7.59. The molecule has 0 spiro atoms. The normalized spacial score (nSPS) is 32.9. The van der Waals surface area contributed by atoms with Crippen LogP contribution >= 0.6 is 0 Å². The lowest BCUT2D eigenvalue weighted by Crippen LogP contribution is -2.37. The molecule has 17 heavy (non-hydrogen) atoms. The summed E-state index contributed by atoms with van der Waals surface area (Å²) in [4.78, 5) is 21.8. The van der Waals surface area contributed by atoms with Crippen LogP contribution in [0.4, 0.5) is 0 Å². The summed E-state index contributed by atoms with van der Waals surface area (Å²) in [6, 6.07) is 0. The van der Waals surface area contributed by atoms with E-state index in [2.05, 4.69) is 5.43 Å². The van der Waals surface area contributed by atoms with E-state index in [1.165, 1.54) is 0 Å². The topological polar surface area (TPSA) is 82.8 Å².